The van der Waals surface area contributed by atoms with Gasteiger partial charge in [0.05, 0.1) is 21.3 Å². The summed E-state index contributed by atoms with van der Waals surface area (Å²) in [6, 6.07) is 10.8. The Labute approximate surface area is 204 Å². The van der Waals surface area contributed by atoms with Gasteiger partial charge in [-0.15, -0.1) is 0 Å². The van der Waals surface area contributed by atoms with Gasteiger partial charge in [0.2, 0.25) is 5.95 Å². The van der Waals surface area contributed by atoms with Gasteiger partial charge in [0.25, 0.3) is 11.8 Å². The van der Waals surface area contributed by atoms with Gasteiger partial charge in [0.1, 0.15) is 6.10 Å². The van der Waals surface area contributed by atoms with Crippen molar-refractivity contribution in [1.29, 1.82) is 0 Å². The first kappa shape index (κ1) is 22.6. The van der Waals surface area contributed by atoms with Crippen LogP contribution in [-0.2, 0) is 11.8 Å². The molecular weight excluding hydrogens is 476 g/mol. The van der Waals surface area contributed by atoms with E-state index >= 15 is 0 Å². The highest BCUT2D eigenvalue weighted by atomic mass is 35.5. The largest absolute Gasteiger partial charge is 0.384 e. The summed E-state index contributed by atoms with van der Waals surface area (Å²) in [5.74, 6) is 0.0742. The van der Waals surface area contributed by atoms with E-state index in [1.165, 1.54) is 18.3 Å². The minimum atomic E-state index is -1.04. The van der Waals surface area contributed by atoms with Crippen LogP contribution >= 0.6 is 22.9 Å². The third-order valence-electron chi connectivity index (χ3n) is 5.90. The Morgan fingerprint density at radius 3 is 2.82 bits per heavy atom. The molecule has 1 aliphatic heterocycles. The van der Waals surface area contributed by atoms with E-state index in [4.69, 9.17) is 11.6 Å². The molecule has 176 valence electrons. The zero-order chi connectivity index (χ0) is 24.0. The maximum atomic E-state index is 12.8. The summed E-state index contributed by atoms with van der Waals surface area (Å²) in [6.07, 6.45) is -0.387. The number of nitrogens with zero attached hydrogens (tertiary/aromatic N) is 4. The van der Waals surface area contributed by atoms with Crippen molar-refractivity contribution in [3.05, 3.63) is 47.0 Å². The molecule has 1 aliphatic rings. The quantitative estimate of drug-likeness (QED) is 0.389. The van der Waals surface area contributed by atoms with E-state index in [0.29, 0.717) is 46.7 Å². The van der Waals surface area contributed by atoms with Crippen LogP contribution in [0.15, 0.2) is 36.4 Å². The van der Waals surface area contributed by atoms with Crippen LogP contribution in [0.1, 0.15) is 23.7 Å². The molecule has 0 aliphatic carbocycles. The Morgan fingerprint density at radius 1 is 1.21 bits per heavy atom. The molecule has 34 heavy (non-hydrogen) atoms. The molecule has 1 saturated heterocycles. The Morgan fingerprint density at radius 2 is 2.03 bits per heavy atom. The van der Waals surface area contributed by atoms with Gasteiger partial charge in [0, 0.05) is 36.8 Å². The van der Waals surface area contributed by atoms with E-state index in [1.807, 2.05) is 35.9 Å². The fraction of sp³-hybridized carbons (Fsp3) is 0.304. The molecule has 0 bridgehead atoms. The molecular formula is C23H23ClN6O3S. The second-order valence-corrected chi connectivity index (χ2v) is 9.84. The minimum absolute atomic E-state index is 0.153. The Balaban J connectivity index is 1.31. The summed E-state index contributed by atoms with van der Waals surface area (Å²) >= 11 is 7.56. The minimum Gasteiger partial charge on any atom is -0.384 e. The van der Waals surface area contributed by atoms with Crippen molar-refractivity contribution in [3.8, 4) is 0 Å². The highest BCUT2D eigenvalue weighted by Gasteiger charge is 2.29. The molecule has 1 fully saturated rings. The van der Waals surface area contributed by atoms with Crippen LogP contribution in [0, 0.1) is 0 Å². The van der Waals surface area contributed by atoms with E-state index in [0.717, 1.165) is 15.7 Å². The Bertz CT molecular complexity index is 1410. The molecule has 3 heterocycles. The van der Waals surface area contributed by atoms with Crippen molar-refractivity contribution in [2.24, 2.45) is 7.05 Å². The van der Waals surface area contributed by atoms with Crippen molar-refractivity contribution in [3.63, 3.8) is 0 Å². The number of thiazole rings is 1. The van der Waals surface area contributed by atoms with Crippen LogP contribution in [-0.4, -0.2) is 61.6 Å². The number of aromatic nitrogens is 3. The number of likely N-dealkylation sites (tertiary alicyclic amines) is 1. The van der Waals surface area contributed by atoms with Gasteiger partial charge in [-0.25, -0.2) is 9.97 Å². The lowest BCUT2D eigenvalue weighted by molar-refractivity contribution is -0.138. The molecule has 9 nitrogen and oxygen atoms in total. The highest BCUT2D eigenvalue weighted by molar-refractivity contribution is 7.22. The molecule has 0 unspecified atom stereocenters. The van der Waals surface area contributed by atoms with Gasteiger partial charge >= 0.3 is 0 Å². The molecule has 2 aromatic heterocycles. The Kier molecular flexibility index (Phi) is 5.88. The third-order valence-corrected chi connectivity index (χ3v) is 7.07. The van der Waals surface area contributed by atoms with E-state index in [-0.39, 0.29) is 17.9 Å². The maximum Gasteiger partial charge on any atom is 0.251 e. The van der Waals surface area contributed by atoms with Crippen molar-refractivity contribution in [1.82, 2.24) is 24.8 Å². The number of carbonyl (C=O) groups is 2. The van der Waals surface area contributed by atoms with Gasteiger partial charge in [0.15, 0.2) is 5.13 Å². The number of imidazole rings is 1. The van der Waals surface area contributed by atoms with Gasteiger partial charge in [-0.1, -0.05) is 22.9 Å². The van der Waals surface area contributed by atoms with Crippen molar-refractivity contribution < 1.29 is 14.7 Å². The van der Waals surface area contributed by atoms with Gasteiger partial charge < -0.3 is 25.2 Å². The number of carbonyl (C=O) groups excluding carboxylic acids is 2. The summed E-state index contributed by atoms with van der Waals surface area (Å²) < 4.78 is 2.89. The number of fused-ring (bicyclic) bond motifs is 2. The van der Waals surface area contributed by atoms with Crippen LogP contribution in [0.4, 0.5) is 11.1 Å². The summed E-state index contributed by atoms with van der Waals surface area (Å²) in [7, 11) is 1.90. The average molecular weight is 499 g/mol. The van der Waals surface area contributed by atoms with E-state index in [1.54, 1.807) is 17.0 Å². The number of hydrogen-bond acceptors (Lipinski definition) is 7. The molecule has 0 radical (unpaired) electrons. The highest BCUT2D eigenvalue weighted by Crippen LogP contribution is 2.31. The van der Waals surface area contributed by atoms with E-state index < -0.39 is 6.10 Å². The zero-order valence-electron chi connectivity index (χ0n) is 18.6. The molecule has 4 aromatic rings. The van der Waals surface area contributed by atoms with E-state index in [2.05, 4.69) is 20.6 Å². The molecule has 3 N–H and O–H groups in total. The van der Waals surface area contributed by atoms with Crippen LogP contribution in [0.2, 0.25) is 5.02 Å². The normalized spacial score (nSPS) is 16.8. The number of amides is 2. The topological polar surface area (TPSA) is 112 Å². The van der Waals surface area contributed by atoms with Crippen molar-refractivity contribution in [2.45, 2.75) is 25.5 Å². The number of rotatable bonds is 5. The van der Waals surface area contributed by atoms with Crippen LogP contribution in [0.25, 0.3) is 21.3 Å². The van der Waals surface area contributed by atoms with Crippen molar-refractivity contribution in [2.75, 3.05) is 18.4 Å². The lowest BCUT2D eigenvalue weighted by Crippen LogP contribution is -2.40. The molecule has 0 spiro atoms. The fourth-order valence-corrected chi connectivity index (χ4v) is 5.25. The average Bonchev–Trinajstić information content (AvgIpc) is 3.50. The second kappa shape index (κ2) is 8.86. The number of anilines is 2. The molecule has 0 saturated carbocycles. The zero-order valence-corrected chi connectivity index (χ0v) is 20.2. The first-order valence-electron chi connectivity index (χ1n) is 10.9. The Hall–Kier alpha value is -3.21. The monoisotopic (exact) mass is 498 g/mol. The van der Waals surface area contributed by atoms with Gasteiger partial charge in [-0.3, -0.25) is 9.59 Å². The number of aliphatic hydroxyl groups is 1. The summed E-state index contributed by atoms with van der Waals surface area (Å²) in [5, 5.41) is 17.1. The predicted molar refractivity (Wildman–Crippen MR) is 133 cm³/mol. The summed E-state index contributed by atoms with van der Waals surface area (Å²) in [6.45, 7) is 2.36. The SMILES string of the molecule is C[C@@H](O)C(=O)N1CC[C@@H](NC(=O)c2ccc3c(c2)nc(Nc2nc4ccc(Cl)cc4s2)n3C)C1. The number of nitrogens with one attached hydrogen (secondary N) is 2. The summed E-state index contributed by atoms with van der Waals surface area (Å²) in [4.78, 5) is 35.6. The van der Waals surface area contributed by atoms with Crippen LogP contribution in [0.5, 0.6) is 0 Å². The molecule has 2 atom stereocenters. The number of benzene rings is 2. The molecule has 2 amide bonds. The first-order valence-corrected chi connectivity index (χ1v) is 12.1. The maximum absolute atomic E-state index is 12.8. The molecule has 11 heteroatoms. The lowest BCUT2D eigenvalue weighted by Gasteiger charge is -2.18. The second-order valence-electron chi connectivity index (χ2n) is 8.37. The van der Waals surface area contributed by atoms with E-state index in [9.17, 15) is 14.7 Å². The van der Waals surface area contributed by atoms with Crippen LogP contribution < -0.4 is 10.6 Å². The lowest BCUT2D eigenvalue weighted by atomic mass is 10.1. The van der Waals surface area contributed by atoms with Gasteiger partial charge in [-0.05, 0) is 49.7 Å². The standard InChI is InChI=1S/C23H23ClN6O3S/c1-12(31)21(33)30-8-7-15(11-30)25-20(32)13-3-6-18-17(9-13)26-22(29(18)2)28-23-27-16-5-4-14(24)10-19(16)34-23/h3-6,9-10,12,15,31H,7-8,11H2,1-2H3,(H,25,32)(H,26,27,28)/t12-,15-/m1/s1. The number of aryl methyl sites for hydroxylation is 1. The van der Waals surface area contributed by atoms with Gasteiger partial charge in [-0.2, -0.15) is 0 Å². The smallest absolute Gasteiger partial charge is 0.251 e. The number of hydrogen-bond donors (Lipinski definition) is 3. The molecule has 5 rings (SSSR count). The van der Waals surface area contributed by atoms with Crippen LogP contribution in [0.3, 0.4) is 0 Å². The first-order chi connectivity index (χ1) is 16.3. The number of aliphatic hydroxyl groups excluding tert-OH is 1. The number of halogens is 1. The van der Waals surface area contributed by atoms with Crippen molar-refractivity contribution >= 4 is 67.1 Å². The predicted octanol–water partition coefficient (Wildman–Crippen LogP) is 3.29. The molecule has 2 aromatic carbocycles. The summed E-state index contributed by atoms with van der Waals surface area (Å²) in [5.41, 5.74) is 2.90. The third kappa shape index (κ3) is 4.31. The fourth-order valence-electron chi connectivity index (χ4n) is 4.11.